The third-order valence-corrected chi connectivity index (χ3v) is 5.51. The molecular formula is C12H15ClN2O3S. The molecule has 1 fully saturated rings. The largest absolute Gasteiger partial charge is 0.398 e. The Morgan fingerprint density at radius 1 is 1.47 bits per heavy atom. The zero-order chi connectivity index (χ0) is 14.2. The predicted molar refractivity (Wildman–Crippen MR) is 75.0 cm³/mol. The van der Waals surface area contributed by atoms with Crippen LogP contribution >= 0.6 is 11.6 Å². The Morgan fingerprint density at radius 3 is 2.74 bits per heavy atom. The van der Waals surface area contributed by atoms with Gasteiger partial charge in [-0.15, -0.1) is 0 Å². The van der Waals surface area contributed by atoms with E-state index < -0.39 is 9.84 Å². The van der Waals surface area contributed by atoms with E-state index >= 15 is 0 Å². The van der Waals surface area contributed by atoms with Crippen LogP contribution in [0.15, 0.2) is 18.2 Å². The first-order valence-corrected chi connectivity index (χ1v) is 8.03. The molecular weight excluding hydrogens is 288 g/mol. The van der Waals surface area contributed by atoms with Crippen LogP contribution in [0, 0.1) is 0 Å². The van der Waals surface area contributed by atoms with Crippen LogP contribution in [0.5, 0.6) is 0 Å². The predicted octanol–water partition coefficient (Wildman–Crippen LogP) is 1.18. The van der Waals surface area contributed by atoms with E-state index in [4.69, 9.17) is 17.3 Å². The molecule has 1 amide bonds. The Kier molecular flexibility index (Phi) is 3.73. The van der Waals surface area contributed by atoms with Crippen molar-refractivity contribution < 1.29 is 13.2 Å². The summed E-state index contributed by atoms with van der Waals surface area (Å²) in [6.07, 6.45) is 0.463. The van der Waals surface area contributed by atoms with Gasteiger partial charge in [0.15, 0.2) is 9.84 Å². The van der Waals surface area contributed by atoms with Gasteiger partial charge in [0.05, 0.1) is 27.8 Å². The van der Waals surface area contributed by atoms with Crippen LogP contribution in [0.3, 0.4) is 0 Å². The van der Waals surface area contributed by atoms with Gasteiger partial charge in [0.25, 0.3) is 5.91 Å². The molecule has 1 aliphatic rings. The van der Waals surface area contributed by atoms with Crippen LogP contribution in [-0.2, 0) is 9.84 Å². The lowest BCUT2D eigenvalue weighted by Gasteiger charge is -2.24. The molecule has 2 rings (SSSR count). The molecule has 104 valence electrons. The highest BCUT2D eigenvalue weighted by atomic mass is 35.5. The summed E-state index contributed by atoms with van der Waals surface area (Å²) in [5.74, 6) is -0.172. The number of rotatable bonds is 2. The summed E-state index contributed by atoms with van der Waals surface area (Å²) >= 11 is 6.00. The maximum Gasteiger partial charge on any atom is 0.255 e. The SMILES string of the molecule is CN(C(=O)c1cccc(N)c1Cl)C1CCS(=O)(=O)C1. The smallest absolute Gasteiger partial charge is 0.255 e. The Balaban J connectivity index is 2.23. The minimum absolute atomic E-state index is 0.00910. The van der Waals surface area contributed by atoms with E-state index in [0.717, 1.165) is 0 Å². The molecule has 5 nitrogen and oxygen atoms in total. The lowest BCUT2D eigenvalue weighted by atomic mass is 10.1. The third kappa shape index (κ3) is 2.84. The fourth-order valence-electron chi connectivity index (χ4n) is 2.15. The minimum Gasteiger partial charge on any atom is -0.398 e. The Labute approximate surface area is 117 Å². The number of anilines is 1. The first kappa shape index (κ1) is 14.1. The molecule has 0 radical (unpaired) electrons. The van der Waals surface area contributed by atoms with Gasteiger partial charge in [-0.3, -0.25) is 4.79 Å². The van der Waals surface area contributed by atoms with Crippen molar-refractivity contribution in [3.05, 3.63) is 28.8 Å². The molecule has 0 saturated carbocycles. The summed E-state index contributed by atoms with van der Waals surface area (Å²) in [5, 5.41) is 0.209. The number of amides is 1. The molecule has 0 bridgehead atoms. The average Bonchev–Trinajstić information content (AvgIpc) is 2.71. The molecule has 1 unspecified atom stereocenters. The van der Waals surface area contributed by atoms with Gasteiger partial charge in [-0.05, 0) is 18.6 Å². The van der Waals surface area contributed by atoms with E-state index in [1.807, 2.05) is 0 Å². The van der Waals surface area contributed by atoms with Crippen molar-refractivity contribution in [2.75, 3.05) is 24.3 Å². The van der Waals surface area contributed by atoms with Gasteiger partial charge >= 0.3 is 0 Å². The summed E-state index contributed by atoms with van der Waals surface area (Å²) in [6, 6.07) is 4.54. The number of hydrogen-bond acceptors (Lipinski definition) is 4. The summed E-state index contributed by atoms with van der Waals surface area (Å²) in [4.78, 5) is 13.7. The highest BCUT2D eigenvalue weighted by Crippen LogP contribution is 2.26. The van der Waals surface area contributed by atoms with E-state index in [2.05, 4.69) is 0 Å². The van der Waals surface area contributed by atoms with Crippen LogP contribution in [0.25, 0.3) is 0 Å². The zero-order valence-electron chi connectivity index (χ0n) is 10.5. The summed E-state index contributed by atoms with van der Waals surface area (Å²) < 4.78 is 22.9. The van der Waals surface area contributed by atoms with Crippen LogP contribution in [0.4, 0.5) is 5.69 Å². The van der Waals surface area contributed by atoms with E-state index in [1.54, 1.807) is 25.2 Å². The quantitative estimate of drug-likeness (QED) is 0.832. The van der Waals surface area contributed by atoms with Gasteiger partial charge in [-0.25, -0.2) is 8.42 Å². The summed E-state index contributed by atoms with van der Waals surface area (Å²) in [7, 11) is -1.44. The number of sulfone groups is 1. The Morgan fingerprint density at radius 2 is 2.16 bits per heavy atom. The van der Waals surface area contributed by atoms with Crippen molar-refractivity contribution in [3.63, 3.8) is 0 Å². The minimum atomic E-state index is -3.03. The lowest BCUT2D eigenvalue weighted by molar-refractivity contribution is 0.0748. The van der Waals surface area contributed by atoms with Crippen molar-refractivity contribution in [2.24, 2.45) is 0 Å². The molecule has 0 aromatic heterocycles. The van der Waals surface area contributed by atoms with Gasteiger partial charge in [0.2, 0.25) is 0 Å². The zero-order valence-corrected chi connectivity index (χ0v) is 12.0. The summed E-state index contributed by atoms with van der Waals surface area (Å²) in [6.45, 7) is 0. The number of halogens is 1. The molecule has 1 saturated heterocycles. The fraction of sp³-hybridized carbons (Fsp3) is 0.417. The van der Waals surface area contributed by atoms with Crippen molar-refractivity contribution >= 4 is 33.0 Å². The second-order valence-corrected chi connectivity index (χ2v) is 7.29. The van der Waals surface area contributed by atoms with E-state index in [0.29, 0.717) is 17.7 Å². The number of nitrogens with zero attached hydrogens (tertiary/aromatic N) is 1. The van der Waals surface area contributed by atoms with Crippen LogP contribution in [-0.4, -0.2) is 43.8 Å². The Bertz CT molecular complexity index is 615. The van der Waals surface area contributed by atoms with Gasteiger partial charge in [-0.2, -0.15) is 0 Å². The second kappa shape index (κ2) is 5.02. The topological polar surface area (TPSA) is 80.5 Å². The highest BCUT2D eigenvalue weighted by Gasteiger charge is 2.33. The van der Waals surface area contributed by atoms with Crippen LogP contribution in [0.1, 0.15) is 16.8 Å². The number of nitrogens with two attached hydrogens (primary N) is 1. The van der Waals surface area contributed by atoms with Crippen molar-refractivity contribution in [3.8, 4) is 0 Å². The van der Waals surface area contributed by atoms with Crippen LogP contribution in [0.2, 0.25) is 5.02 Å². The number of carbonyl (C=O) groups is 1. The van der Waals surface area contributed by atoms with E-state index in [1.165, 1.54) is 4.90 Å². The van der Waals surface area contributed by atoms with Gasteiger partial charge < -0.3 is 10.6 Å². The van der Waals surface area contributed by atoms with Crippen molar-refractivity contribution in [2.45, 2.75) is 12.5 Å². The van der Waals surface area contributed by atoms with Crippen LogP contribution < -0.4 is 5.73 Å². The van der Waals surface area contributed by atoms with Crippen molar-refractivity contribution in [1.29, 1.82) is 0 Å². The fourth-order valence-corrected chi connectivity index (χ4v) is 4.13. The van der Waals surface area contributed by atoms with Gasteiger partial charge in [-0.1, -0.05) is 17.7 Å². The van der Waals surface area contributed by atoms with Gasteiger partial charge in [0, 0.05) is 13.1 Å². The number of benzene rings is 1. The maximum atomic E-state index is 12.3. The number of hydrogen-bond donors (Lipinski definition) is 1. The Hall–Kier alpha value is -1.27. The molecule has 7 heteroatoms. The number of nitrogen functional groups attached to an aromatic ring is 1. The molecule has 2 N–H and O–H groups in total. The van der Waals surface area contributed by atoms with E-state index in [9.17, 15) is 13.2 Å². The molecule has 1 heterocycles. The maximum absolute atomic E-state index is 12.3. The molecule has 1 aromatic rings. The third-order valence-electron chi connectivity index (χ3n) is 3.34. The van der Waals surface area contributed by atoms with Gasteiger partial charge in [0.1, 0.15) is 0 Å². The molecule has 0 aliphatic carbocycles. The average molecular weight is 303 g/mol. The molecule has 1 atom stereocenters. The molecule has 1 aliphatic heterocycles. The normalized spacial score (nSPS) is 21.3. The molecule has 0 spiro atoms. The van der Waals surface area contributed by atoms with E-state index in [-0.39, 0.29) is 28.5 Å². The molecule has 19 heavy (non-hydrogen) atoms. The highest BCUT2D eigenvalue weighted by molar-refractivity contribution is 7.91. The molecule has 1 aromatic carbocycles. The monoisotopic (exact) mass is 302 g/mol. The first-order valence-electron chi connectivity index (χ1n) is 5.83. The lowest BCUT2D eigenvalue weighted by Crippen LogP contribution is -2.38. The first-order chi connectivity index (χ1) is 8.82. The second-order valence-electron chi connectivity index (χ2n) is 4.68. The standard InChI is InChI=1S/C12H15ClN2O3S/c1-15(8-5-6-19(17,18)7-8)12(16)9-3-2-4-10(14)11(9)13/h2-4,8H,5-7,14H2,1H3. The van der Waals surface area contributed by atoms with Crippen molar-refractivity contribution in [1.82, 2.24) is 4.90 Å². The summed E-state index contributed by atoms with van der Waals surface area (Å²) in [5.41, 5.74) is 6.29. The number of carbonyl (C=O) groups excluding carboxylic acids is 1.